The van der Waals surface area contributed by atoms with E-state index in [1.54, 1.807) is 7.11 Å². The molecule has 25 heavy (non-hydrogen) atoms. The van der Waals surface area contributed by atoms with E-state index in [1.165, 1.54) is 0 Å². The van der Waals surface area contributed by atoms with E-state index in [4.69, 9.17) is 4.74 Å². The quantitative estimate of drug-likeness (QED) is 0.509. The molecule has 0 heterocycles. The van der Waals surface area contributed by atoms with Gasteiger partial charge in [0, 0.05) is 11.1 Å². The molecule has 0 fully saturated rings. The van der Waals surface area contributed by atoms with Gasteiger partial charge >= 0.3 is 0 Å². The standard InChI is InChI=1S/C22H22O2Si/c1-24-19-13-14-20(21(15-19)25(2)3)22(23)18-11-9-17(10-12-18)16-7-5-4-6-8-16/h4-15,25H,1-3H3. The van der Waals surface area contributed by atoms with Crippen LogP contribution in [0, 0.1) is 0 Å². The maximum absolute atomic E-state index is 13.0. The molecule has 0 aliphatic heterocycles. The van der Waals surface area contributed by atoms with E-state index in [0.29, 0.717) is 0 Å². The molecular weight excluding hydrogens is 324 g/mol. The van der Waals surface area contributed by atoms with Gasteiger partial charge < -0.3 is 4.74 Å². The number of rotatable bonds is 5. The van der Waals surface area contributed by atoms with E-state index in [-0.39, 0.29) is 5.78 Å². The Labute approximate surface area is 150 Å². The fourth-order valence-corrected chi connectivity index (χ4v) is 4.30. The van der Waals surface area contributed by atoms with Crippen LogP contribution in [0.2, 0.25) is 13.1 Å². The van der Waals surface area contributed by atoms with E-state index >= 15 is 0 Å². The molecule has 3 heteroatoms. The summed E-state index contributed by atoms with van der Waals surface area (Å²) in [7, 11) is 0.508. The van der Waals surface area contributed by atoms with Crippen LogP contribution in [0.4, 0.5) is 0 Å². The van der Waals surface area contributed by atoms with Crippen LogP contribution in [-0.4, -0.2) is 21.7 Å². The highest BCUT2D eigenvalue weighted by Gasteiger charge is 2.17. The van der Waals surface area contributed by atoms with Crippen molar-refractivity contribution in [2.24, 2.45) is 0 Å². The van der Waals surface area contributed by atoms with E-state index in [2.05, 4.69) is 25.2 Å². The van der Waals surface area contributed by atoms with Gasteiger partial charge in [-0.25, -0.2) is 0 Å². The summed E-state index contributed by atoms with van der Waals surface area (Å²) in [6, 6.07) is 23.8. The fourth-order valence-electron chi connectivity index (χ4n) is 2.95. The van der Waals surface area contributed by atoms with Crippen molar-refractivity contribution in [3.8, 4) is 16.9 Å². The number of hydrogen-bond donors (Lipinski definition) is 0. The third-order valence-electron chi connectivity index (χ3n) is 4.38. The number of benzene rings is 3. The summed E-state index contributed by atoms with van der Waals surface area (Å²) in [4.78, 5) is 13.0. The number of methoxy groups -OCH3 is 1. The van der Waals surface area contributed by atoms with Crippen molar-refractivity contribution in [2.45, 2.75) is 13.1 Å². The van der Waals surface area contributed by atoms with Gasteiger partial charge in [-0.2, -0.15) is 0 Å². The van der Waals surface area contributed by atoms with Gasteiger partial charge in [-0.05, 0) is 34.5 Å². The lowest BCUT2D eigenvalue weighted by Crippen LogP contribution is -2.29. The maximum Gasteiger partial charge on any atom is 0.192 e. The predicted octanol–water partition coefficient (Wildman–Crippen LogP) is 4.29. The summed E-state index contributed by atoms with van der Waals surface area (Å²) in [6.07, 6.45) is 0. The fraction of sp³-hybridized carbons (Fsp3) is 0.136. The summed E-state index contributed by atoms with van der Waals surface area (Å²) in [5.74, 6) is 0.894. The molecule has 3 rings (SSSR count). The Balaban J connectivity index is 1.94. The summed E-state index contributed by atoms with van der Waals surface area (Å²) in [5, 5.41) is 1.15. The second-order valence-electron chi connectivity index (χ2n) is 6.38. The van der Waals surface area contributed by atoms with Crippen LogP contribution in [0.5, 0.6) is 5.75 Å². The number of carbonyl (C=O) groups excluding carboxylic acids is 1. The van der Waals surface area contributed by atoms with Gasteiger partial charge in [-0.15, -0.1) is 0 Å². The summed E-state index contributed by atoms with van der Waals surface area (Å²) >= 11 is 0. The van der Waals surface area contributed by atoms with Crippen molar-refractivity contribution in [2.75, 3.05) is 7.11 Å². The van der Waals surface area contributed by atoms with Crippen molar-refractivity contribution in [3.05, 3.63) is 83.9 Å². The summed E-state index contributed by atoms with van der Waals surface area (Å²) < 4.78 is 5.32. The van der Waals surface area contributed by atoms with Crippen LogP contribution in [0.25, 0.3) is 11.1 Å². The van der Waals surface area contributed by atoms with E-state index < -0.39 is 8.80 Å². The molecule has 126 valence electrons. The summed E-state index contributed by atoms with van der Waals surface area (Å²) in [6.45, 7) is 4.45. The number of carbonyl (C=O) groups is 1. The van der Waals surface area contributed by atoms with Crippen molar-refractivity contribution in [3.63, 3.8) is 0 Å². The molecular formula is C22H22O2Si. The zero-order valence-corrected chi connectivity index (χ0v) is 16.0. The number of hydrogen-bond acceptors (Lipinski definition) is 2. The minimum atomic E-state index is -1.15. The first-order valence-electron chi connectivity index (χ1n) is 8.48. The highest BCUT2D eigenvalue weighted by Crippen LogP contribution is 2.21. The minimum Gasteiger partial charge on any atom is -0.497 e. The van der Waals surface area contributed by atoms with Crippen LogP contribution >= 0.6 is 0 Å². The minimum absolute atomic E-state index is 0.0819. The summed E-state index contributed by atoms with van der Waals surface area (Å²) in [5.41, 5.74) is 3.79. The molecule has 0 radical (unpaired) electrons. The van der Waals surface area contributed by atoms with Crippen LogP contribution in [0.15, 0.2) is 72.8 Å². The number of ether oxygens (including phenoxy) is 1. The Morgan fingerprint density at radius 3 is 2.08 bits per heavy atom. The molecule has 0 saturated carbocycles. The van der Waals surface area contributed by atoms with Gasteiger partial charge in [-0.1, -0.05) is 67.7 Å². The Morgan fingerprint density at radius 1 is 0.840 bits per heavy atom. The molecule has 0 aliphatic carbocycles. The zero-order valence-electron chi connectivity index (χ0n) is 14.8. The van der Waals surface area contributed by atoms with Gasteiger partial charge in [0.05, 0.1) is 15.9 Å². The Hall–Kier alpha value is -2.65. The van der Waals surface area contributed by atoms with Crippen molar-refractivity contribution in [1.29, 1.82) is 0 Å². The monoisotopic (exact) mass is 346 g/mol. The normalized spacial score (nSPS) is 10.7. The molecule has 0 aromatic heterocycles. The zero-order chi connectivity index (χ0) is 17.8. The second kappa shape index (κ2) is 7.49. The Kier molecular flexibility index (Phi) is 5.15. The molecule has 3 aromatic carbocycles. The smallest absolute Gasteiger partial charge is 0.192 e. The van der Waals surface area contributed by atoms with Gasteiger partial charge in [0.15, 0.2) is 5.78 Å². The molecule has 0 aliphatic rings. The highest BCUT2D eigenvalue weighted by atomic mass is 28.3. The Bertz CT molecular complexity index is 868. The first kappa shape index (κ1) is 17.2. The first-order valence-corrected chi connectivity index (χ1v) is 11.4. The van der Waals surface area contributed by atoms with Gasteiger partial charge in [-0.3, -0.25) is 4.79 Å². The van der Waals surface area contributed by atoms with Crippen LogP contribution < -0.4 is 9.92 Å². The molecule has 0 bridgehead atoms. The van der Waals surface area contributed by atoms with Gasteiger partial charge in [0.2, 0.25) is 0 Å². The van der Waals surface area contributed by atoms with Crippen molar-refractivity contribution in [1.82, 2.24) is 0 Å². The third kappa shape index (κ3) is 3.72. The lowest BCUT2D eigenvalue weighted by atomic mass is 9.99. The average Bonchev–Trinajstić information content (AvgIpc) is 2.67. The molecule has 3 aromatic rings. The Morgan fingerprint density at radius 2 is 1.48 bits per heavy atom. The largest absolute Gasteiger partial charge is 0.497 e. The van der Waals surface area contributed by atoms with Crippen molar-refractivity contribution >= 4 is 19.8 Å². The third-order valence-corrected chi connectivity index (χ3v) is 6.10. The lowest BCUT2D eigenvalue weighted by molar-refractivity contribution is 0.103. The lowest BCUT2D eigenvalue weighted by Gasteiger charge is -2.13. The molecule has 0 spiro atoms. The van der Waals surface area contributed by atoms with E-state index in [9.17, 15) is 4.79 Å². The SMILES string of the molecule is COc1ccc(C(=O)c2ccc(-c3ccccc3)cc2)c([SiH](C)C)c1. The van der Waals surface area contributed by atoms with Crippen LogP contribution in [-0.2, 0) is 0 Å². The molecule has 0 atom stereocenters. The number of ketones is 1. The van der Waals surface area contributed by atoms with E-state index in [1.807, 2.05) is 60.7 Å². The predicted molar refractivity (Wildman–Crippen MR) is 107 cm³/mol. The molecule has 0 N–H and O–H groups in total. The maximum atomic E-state index is 13.0. The second-order valence-corrected chi connectivity index (χ2v) is 9.31. The topological polar surface area (TPSA) is 26.3 Å². The van der Waals surface area contributed by atoms with Crippen LogP contribution in [0.3, 0.4) is 0 Å². The van der Waals surface area contributed by atoms with Gasteiger partial charge in [0.1, 0.15) is 5.75 Å². The van der Waals surface area contributed by atoms with Crippen molar-refractivity contribution < 1.29 is 9.53 Å². The molecule has 0 amide bonds. The molecule has 2 nitrogen and oxygen atoms in total. The van der Waals surface area contributed by atoms with Crippen LogP contribution in [0.1, 0.15) is 15.9 Å². The van der Waals surface area contributed by atoms with E-state index in [0.717, 1.165) is 33.2 Å². The molecule has 0 saturated heterocycles. The molecule has 0 unspecified atom stereocenters. The highest BCUT2D eigenvalue weighted by molar-refractivity contribution is 6.72. The average molecular weight is 347 g/mol. The first-order chi connectivity index (χ1) is 12.1. The van der Waals surface area contributed by atoms with Gasteiger partial charge in [0.25, 0.3) is 0 Å².